The lowest BCUT2D eigenvalue weighted by molar-refractivity contribution is -0.136. The summed E-state index contributed by atoms with van der Waals surface area (Å²) < 4.78 is 14.9. The minimum absolute atomic E-state index is 0.102. The molecule has 18 nitrogen and oxygen atoms in total. The average molecular weight is 969 g/mol. The summed E-state index contributed by atoms with van der Waals surface area (Å²) in [6, 6.07) is 23.3. The molecule has 0 spiro atoms. The molecule has 3 aliphatic rings. The van der Waals surface area contributed by atoms with Crippen LogP contribution in [0.5, 0.6) is 5.75 Å². The monoisotopic (exact) mass is 968 g/mol. The minimum Gasteiger partial charge on any atom is -0.493 e. The molecule has 5 aromatic rings. The lowest BCUT2D eigenvalue weighted by Gasteiger charge is -2.30. The molecule has 4 atom stereocenters. The number of unbranched alkanes of at least 4 members (excludes halogenated alkanes) is 1. The highest BCUT2D eigenvalue weighted by molar-refractivity contribution is 6.08. The first-order chi connectivity index (χ1) is 34.0. The molecule has 1 unspecified atom stereocenters. The number of fused-ring (bicyclic) bond motifs is 1. The van der Waals surface area contributed by atoms with Crippen molar-refractivity contribution in [1.29, 1.82) is 0 Å². The van der Waals surface area contributed by atoms with Gasteiger partial charge in [0.2, 0.25) is 35.4 Å². The van der Waals surface area contributed by atoms with Crippen molar-refractivity contribution in [2.45, 2.75) is 121 Å². The molecule has 4 heterocycles. The predicted octanol–water partition coefficient (Wildman–Crippen LogP) is 4.47. The van der Waals surface area contributed by atoms with Gasteiger partial charge in [-0.1, -0.05) is 72.8 Å². The fraction of sp³-hybridized carbons (Fsp3) is 0.396. The van der Waals surface area contributed by atoms with Crippen LogP contribution in [-0.4, -0.2) is 81.0 Å². The van der Waals surface area contributed by atoms with E-state index in [-0.39, 0.29) is 50.1 Å². The fourth-order valence-corrected chi connectivity index (χ4v) is 9.72. The molecule has 372 valence electrons. The molecule has 0 saturated carbocycles. The number of rotatable bonds is 17. The Morgan fingerprint density at radius 2 is 1.55 bits per heavy atom. The van der Waals surface area contributed by atoms with E-state index in [1.807, 2.05) is 91.0 Å². The third kappa shape index (κ3) is 11.2. The van der Waals surface area contributed by atoms with E-state index in [0.717, 1.165) is 23.1 Å². The number of hydrogen-bond donors (Lipinski definition) is 5. The number of imide groups is 1. The molecule has 18 heteroatoms. The van der Waals surface area contributed by atoms with Gasteiger partial charge in [0, 0.05) is 31.9 Å². The largest absolute Gasteiger partial charge is 0.493 e. The molecular weight excluding hydrogens is 909 g/mol. The molecule has 1 fully saturated rings. The number of carbonyl (C=O) groups excluding carboxylic acids is 7. The van der Waals surface area contributed by atoms with Gasteiger partial charge in [0.25, 0.3) is 0 Å². The van der Waals surface area contributed by atoms with Crippen LogP contribution < -0.4 is 42.3 Å². The highest BCUT2D eigenvalue weighted by atomic mass is 16.6. The summed E-state index contributed by atoms with van der Waals surface area (Å²) in [4.78, 5) is 108. The third-order valence-corrected chi connectivity index (χ3v) is 13.2. The Morgan fingerprint density at radius 1 is 0.845 bits per heavy atom. The van der Waals surface area contributed by atoms with Crippen LogP contribution in [0.1, 0.15) is 106 Å². The number of primary amides is 1. The second-order valence-corrected chi connectivity index (χ2v) is 19.4. The number of aryl methyl sites for hydroxylation is 2. The van der Waals surface area contributed by atoms with Crippen molar-refractivity contribution >= 4 is 58.3 Å². The number of hydrogen-bond acceptors (Lipinski definition) is 10. The second-order valence-electron chi connectivity index (χ2n) is 19.4. The van der Waals surface area contributed by atoms with E-state index in [1.54, 1.807) is 27.8 Å². The minimum atomic E-state index is -1.21. The molecule has 8 rings (SSSR count). The zero-order valence-electron chi connectivity index (χ0n) is 40.3. The Labute approximate surface area is 410 Å². The Kier molecular flexibility index (Phi) is 14.7. The van der Waals surface area contributed by atoms with E-state index < -0.39 is 71.4 Å². The van der Waals surface area contributed by atoms with E-state index in [0.29, 0.717) is 59.5 Å². The Hall–Kier alpha value is -7.76. The molecule has 1 aromatic heterocycles. The number of alkyl carbamates (subject to hydrolysis) is 1. The maximum atomic E-state index is 14.7. The van der Waals surface area contributed by atoms with Crippen molar-refractivity contribution in [3.8, 4) is 5.75 Å². The van der Waals surface area contributed by atoms with Crippen molar-refractivity contribution in [3.05, 3.63) is 129 Å². The SMILES string of the molecule is Cn1c(=O)n(C2CCC(=O)NC2=O)c2ccc(CCCCOc3ccc4c5c3CC[C@H](NC(=O)OC(C)(C)C)C(=O)N5[C@H](C(=O)N[C@@H](CCC(N)=O)C(=O)NC(c3ccccc3)c3ccccc3)C4)cc21. The van der Waals surface area contributed by atoms with Crippen molar-refractivity contribution in [2.24, 2.45) is 12.8 Å². The number of nitrogens with one attached hydrogen (secondary N) is 4. The Bertz CT molecular complexity index is 2890. The Balaban J connectivity index is 0.995. The van der Waals surface area contributed by atoms with Gasteiger partial charge >= 0.3 is 11.8 Å². The van der Waals surface area contributed by atoms with Gasteiger partial charge in [-0.25, -0.2) is 9.59 Å². The van der Waals surface area contributed by atoms with Crippen molar-refractivity contribution in [1.82, 2.24) is 30.4 Å². The average Bonchev–Trinajstić information content (AvgIpc) is 3.79. The topological polar surface area (TPSA) is 242 Å². The van der Waals surface area contributed by atoms with Crippen LogP contribution in [0.4, 0.5) is 10.5 Å². The lowest BCUT2D eigenvalue weighted by atomic mass is 9.97. The molecule has 6 N–H and O–H groups in total. The molecule has 0 radical (unpaired) electrons. The van der Waals surface area contributed by atoms with Crippen LogP contribution in [0.15, 0.2) is 95.8 Å². The molecule has 71 heavy (non-hydrogen) atoms. The van der Waals surface area contributed by atoms with Gasteiger partial charge in [-0.3, -0.25) is 48.1 Å². The smallest absolute Gasteiger partial charge is 0.408 e. The molecule has 0 bridgehead atoms. The summed E-state index contributed by atoms with van der Waals surface area (Å²) in [5.41, 5.74) is 10.2. The number of carbonyl (C=O) groups is 7. The van der Waals surface area contributed by atoms with Gasteiger partial charge in [0.1, 0.15) is 35.5 Å². The standard InChI is InChI=1S/C53H60N8O10/c1-53(2,3)71-51(68)56-37-21-20-35-42(70-28-12-11-13-31-18-23-38-40(29-31)59(4)52(69)60(38)39-24-27-44(63)57-48(39)65)25-19-34-30-41(61(46(34)35)50(37)67)49(66)55-36(22-26-43(54)62)47(64)58-45(32-14-7-5-8-15-32)33-16-9-6-10-17-33/h5-10,14-19,23,25,29,36-37,39,41,45H,11-13,20-22,24,26-28,30H2,1-4H3,(H2,54,62)(H,55,66)(H,56,68)(H,58,64)(H,57,63,65)/t36-,37-,39?,41-/m0/s1. The molecule has 1 saturated heterocycles. The van der Waals surface area contributed by atoms with Gasteiger partial charge in [-0.2, -0.15) is 0 Å². The second kappa shape index (κ2) is 21.1. The summed E-state index contributed by atoms with van der Waals surface area (Å²) in [6.45, 7) is 5.46. The Morgan fingerprint density at radius 3 is 2.21 bits per heavy atom. The normalized spacial score (nSPS) is 18.1. The first kappa shape index (κ1) is 49.7. The lowest BCUT2D eigenvalue weighted by Crippen LogP contribution is -2.57. The zero-order chi connectivity index (χ0) is 50.6. The van der Waals surface area contributed by atoms with Gasteiger partial charge in [0.05, 0.1) is 29.4 Å². The highest BCUT2D eigenvalue weighted by Gasteiger charge is 2.46. The first-order valence-corrected chi connectivity index (χ1v) is 24.1. The van der Waals surface area contributed by atoms with Gasteiger partial charge < -0.3 is 31.2 Å². The van der Waals surface area contributed by atoms with Crippen LogP contribution in [0.3, 0.4) is 0 Å². The number of piperidine rings is 1. The fourth-order valence-electron chi connectivity index (χ4n) is 9.72. The van der Waals surface area contributed by atoms with Gasteiger partial charge in [-0.05, 0) is 106 Å². The number of benzene rings is 4. The number of nitrogens with two attached hydrogens (primary N) is 1. The molecular formula is C53H60N8O10. The molecule has 7 amide bonds. The predicted molar refractivity (Wildman–Crippen MR) is 263 cm³/mol. The number of ether oxygens (including phenoxy) is 2. The summed E-state index contributed by atoms with van der Waals surface area (Å²) in [6.07, 6.45) is 1.95. The molecule has 3 aliphatic heterocycles. The van der Waals surface area contributed by atoms with Crippen molar-refractivity contribution in [3.63, 3.8) is 0 Å². The van der Waals surface area contributed by atoms with E-state index in [4.69, 9.17) is 15.2 Å². The van der Waals surface area contributed by atoms with Crippen LogP contribution >= 0.6 is 0 Å². The maximum Gasteiger partial charge on any atom is 0.408 e. The van der Waals surface area contributed by atoms with E-state index in [2.05, 4.69) is 21.3 Å². The van der Waals surface area contributed by atoms with E-state index >= 15 is 0 Å². The number of aromatic nitrogens is 2. The quantitative estimate of drug-likeness (QED) is 0.0647. The number of amides is 7. The highest BCUT2D eigenvalue weighted by Crippen LogP contribution is 2.43. The molecule has 4 aromatic carbocycles. The van der Waals surface area contributed by atoms with Crippen LogP contribution in [-0.2, 0) is 59.8 Å². The number of nitrogens with zero attached hydrogens (tertiary/aromatic N) is 3. The number of imidazole rings is 1. The summed E-state index contributed by atoms with van der Waals surface area (Å²) >= 11 is 0. The van der Waals surface area contributed by atoms with Crippen molar-refractivity contribution in [2.75, 3.05) is 11.5 Å². The van der Waals surface area contributed by atoms with Gasteiger partial charge in [0.15, 0.2) is 0 Å². The summed E-state index contributed by atoms with van der Waals surface area (Å²) in [7, 11) is 1.66. The van der Waals surface area contributed by atoms with E-state index in [1.165, 1.54) is 14.0 Å². The van der Waals surface area contributed by atoms with E-state index in [9.17, 15) is 38.4 Å². The number of anilines is 1. The maximum absolute atomic E-state index is 14.7. The van der Waals surface area contributed by atoms with Crippen LogP contribution in [0.25, 0.3) is 11.0 Å². The third-order valence-electron chi connectivity index (χ3n) is 13.2. The zero-order valence-corrected chi connectivity index (χ0v) is 40.3. The summed E-state index contributed by atoms with van der Waals surface area (Å²) in [5.74, 6) is -2.68. The molecule has 0 aliphatic carbocycles. The van der Waals surface area contributed by atoms with Gasteiger partial charge in [-0.15, -0.1) is 0 Å². The summed E-state index contributed by atoms with van der Waals surface area (Å²) in [5, 5.41) is 11.0. The first-order valence-electron chi connectivity index (χ1n) is 24.1. The van der Waals surface area contributed by atoms with Crippen LogP contribution in [0, 0.1) is 0 Å². The van der Waals surface area contributed by atoms with Crippen molar-refractivity contribution < 1.29 is 43.0 Å². The van der Waals surface area contributed by atoms with Crippen LogP contribution in [0.2, 0.25) is 0 Å².